The van der Waals surface area contributed by atoms with Gasteiger partial charge in [-0.05, 0) is 35.7 Å². The van der Waals surface area contributed by atoms with E-state index in [-0.39, 0.29) is 5.82 Å². The molecule has 0 aliphatic carbocycles. The van der Waals surface area contributed by atoms with Gasteiger partial charge in [0.2, 0.25) is 0 Å². The standard InChI is InChI=1S/C13H15FN2/c1-8(2)11-7-9-6-10(14)4-5-12(9)16-13(11)15-3/h4-8H,1-3H3,(H,15,16). The fourth-order valence-corrected chi connectivity index (χ4v) is 1.80. The van der Waals surface area contributed by atoms with E-state index in [0.717, 1.165) is 22.3 Å². The number of fused-ring (bicyclic) bond motifs is 1. The zero-order chi connectivity index (χ0) is 11.7. The summed E-state index contributed by atoms with van der Waals surface area (Å²) in [6, 6.07) is 6.66. The molecule has 1 aromatic heterocycles. The lowest BCUT2D eigenvalue weighted by Gasteiger charge is -2.12. The number of nitrogens with zero attached hydrogens (tertiary/aromatic N) is 1. The van der Waals surface area contributed by atoms with Gasteiger partial charge >= 0.3 is 0 Å². The summed E-state index contributed by atoms with van der Waals surface area (Å²) in [6.07, 6.45) is 0. The number of rotatable bonds is 2. The fourth-order valence-electron chi connectivity index (χ4n) is 1.80. The molecule has 3 heteroatoms. The molecule has 0 spiro atoms. The van der Waals surface area contributed by atoms with Gasteiger partial charge in [0, 0.05) is 12.4 Å². The molecule has 0 saturated carbocycles. The van der Waals surface area contributed by atoms with Gasteiger partial charge in [-0.1, -0.05) is 13.8 Å². The van der Waals surface area contributed by atoms with E-state index in [9.17, 15) is 4.39 Å². The van der Waals surface area contributed by atoms with Crippen molar-refractivity contribution in [2.45, 2.75) is 19.8 Å². The maximum Gasteiger partial charge on any atom is 0.129 e. The maximum atomic E-state index is 13.1. The van der Waals surface area contributed by atoms with Crippen molar-refractivity contribution >= 4 is 16.7 Å². The van der Waals surface area contributed by atoms with E-state index in [0.29, 0.717) is 5.92 Å². The molecule has 0 fully saturated rings. The number of nitrogens with one attached hydrogen (secondary N) is 1. The Balaban J connectivity index is 2.70. The molecule has 0 bridgehead atoms. The summed E-state index contributed by atoms with van der Waals surface area (Å²) in [4.78, 5) is 4.48. The first-order valence-electron chi connectivity index (χ1n) is 5.39. The Morgan fingerprint density at radius 2 is 2.00 bits per heavy atom. The minimum Gasteiger partial charge on any atom is -0.373 e. The summed E-state index contributed by atoms with van der Waals surface area (Å²) in [5.41, 5.74) is 1.93. The number of halogens is 1. The third-order valence-corrected chi connectivity index (χ3v) is 2.67. The molecular formula is C13H15FN2. The summed E-state index contributed by atoms with van der Waals surface area (Å²) in [6.45, 7) is 4.20. The fraction of sp³-hybridized carbons (Fsp3) is 0.308. The van der Waals surface area contributed by atoms with E-state index < -0.39 is 0 Å². The summed E-state index contributed by atoms with van der Waals surface area (Å²) in [5, 5.41) is 3.93. The molecule has 2 aromatic rings. The van der Waals surface area contributed by atoms with Crippen LogP contribution < -0.4 is 5.32 Å². The van der Waals surface area contributed by atoms with Crippen LogP contribution in [0.1, 0.15) is 25.3 Å². The largest absolute Gasteiger partial charge is 0.373 e. The Hall–Kier alpha value is -1.64. The van der Waals surface area contributed by atoms with Crippen molar-refractivity contribution in [3.05, 3.63) is 35.6 Å². The predicted molar refractivity (Wildman–Crippen MR) is 65.3 cm³/mol. The summed E-state index contributed by atoms with van der Waals surface area (Å²) >= 11 is 0. The number of hydrogen-bond acceptors (Lipinski definition) is 2. The van der Waals surface area contributed by atoms with Gasteiger partial charge in [-0.2, -0.15) is 0 Å². The van der Waals surface area contributed by atoms with E-state index in [4.69, 9.17) is 0 Å². The van der Waals surface area contributed by atoms with Crippen LogP contribution in [-0.4, -0.2) is 12.0 Å². The number of anilines is 1. The second-order valence-electron chi connectivity index (χ2n) is 4.17. The highest BCUT2D eigenvalue weighted by atomic mass is 19.1. The SMILES string of the molecule is CNc1nc2ccc(F)cc2cc1C(C)C. The number of hydrogen-bond donors (Lipinski definition) is 1. The highest BCUT2D eigenvalue weighted by Crippen LogP contribution is 2.26. The van der Waals surface area contributed by atoms with Gasteiger partial charge in [-0.15, -0.1) is 0 Å². The van der Waals surface area contributed by atoms with E-state index in [2.05, 4.69) is 24.1 Å². The highest BCUT2D eigenvalue weighted by molar-refractivity contribution is 5.82. The van der Waals surface area contributed by atoms with Crippen LogP contribution in [0.2, 0.25) is 0 Å². The minimum atomic E-state index is -0.221. The summed E-state index contributed by atoms with van der Waals surface area (Å²) in [5.74, 6) is 1.01. The molecule has 0 saturated heterocycles. The quantitative estimate of drug-likeness (QED) is 0.834. The van der Waals surface area contributed by atoms with Gasteiger partial charge in [0.1, 0.15) is 11.6 Å². The number of benzene rings is 1. The second-order valence-corrected chi connectivity index (χ2v) is 4.17. The smallest absolute Gasteiger partial charge is 0.129 e. The molecule has 1 N–H and O–H groups in total. The Labute approximate surface area is 94.5 Å². The molecule has 16 heavy (non-hydrogen) atoms. The topological polar surface area (TPSA) is 24.9 Å². The first-order chi connectivity index (χ1) is 7.61. The highest BCUT2D eigenvalue weighted by Gasteiger charge is 2.09. The molecule has 0 amide bonds. The lowest BCUT2D eigenvalue weighted by molar-refractivity contribution is 0.629. The Morgan fingerprint density at radius 3 is 2.62 bits per heavy atom. The van der Waals surface area contributed by atoms with Crippen molar-refractivity contribution in [3.8, 4) is 0 Å². The van der Waals surface area contributed by atoms with Gasteiger partial charge in [-0.3, -0.25) is 0 Å². The molecular weight excluding hydrogens is 203 g/mol. The van der Waals surface area contributed by atoms with Crippen molar-refractivity contribution in [1.29, 1.82) is 0 Å². The van der Waals surface area contributed by atoms with Crippen LogP contribution in [0.15, 0.2) is 24.3 Å². The molecule has 2 nitrogen and oxygen atoms in total. The van der Waals surface area contributed by atoms with Crippen molar-refractivity contribution in [3.63, 3.8) is 0 Å². The average Bonchev–Trinajstić information content (AvgIpc) is 2.27. The van der Waals surface area contributed by atoms with Crippen molar-refractivity contribution in [1.82, 2.24) is 4.98 Å². The predicted octanol–water partition coefficient (Wildman–Crippen LogP) is 3.54. The number of aromatic nitrogens is 1. The molecule has 0 aliphatic heterocycles. The monoisotopic (exact) mass is 218 g/mol. The van der Waals surface area contributed by atoms with Crippen LogP contribution in [0, 0.1) is 5.82 Å². The average molecular weight is 218 g/mol. The molecule has 0 atom stereocenters. The van der Waals surface area contributed by atoms with Gasteiger partial charge in [0.15, 0.2) is 0 Å². The van der Waals surface area contributed by atoms with E-state index in [1.807, 2.05) is 13.1 Å². The summed E-state index contributed by atoms with van der Waals surface area (Å²) in [7, 11) is 1.85. The third kappa shape index (κ3) is 1.85. The van der Waals surface area contributed by atoms with Crippen LogP contribution in [0.25, 0.3) is 10.9 Å². The molecule has 1 aromatic carbocycles. The van der Waals surface area contributed by atoms with Gasteiger partial charge in [-0.25, -0.2) is 9.37 Å². The van der Waals surface area contributed by atoms with E-state index in [1.165, 1.54) is 12.1 Å². The van der Waals surface area contributed by atoms with Crippen molar-refractivity contribution in [2.24, 2.45) is 0 Å². The van der Waals surface area contributed by atoms with E-state index >= 15 is 0 Å². The minimum absolute atomic E-state index is 0.221. The lowest BCUT2D eigenvalue weighted by atomic mass is 10.0. The molecule has 84 valence electrons. The van der Waals surface area contributed by atoms with E-state index in [1.54, 1.807) is 6.07 Å². The molecule has 0 unspecified atom stereocenters. The van der Waals surface area contributed by atoms with Crippen LogP contribution in [0.3, 0.4) is 0 Å². The maximum absolute atomic E-state index is 13.1. The molecule has 2 rings (SSSR count). The van der Waals surface area contributed by atoms with Gasteiger partial charge in [0.25, 0.3) is 0 Å². The number of pyridine rings is 1. The normalized spacial score (nSPS) is 11.1. The third-order valence-electron chi connectivity index (χ3n) is 2.67. The van der Waals surface area contributed by atoms with Gasteiger partial charge in [0.05, 0.1) is 5.52 Å². The Bertz CT molecular complexity index is 521. The molecule has 1 heterocycles. The Morgan fingerprint density at radius 1 is 1.25 bits per heavy atom. The lowest BCUT2D eigenvalue weighted by Crippen LogP contribution is -2.00. The van der Waals surface area contributed by atoms with Crippen LogP contribution >= 0.6 is 0 Å². The van der Waals surface area contributed by atoms with Crippen molar-refractivity contribution in [2.75, 3.05) is 12.4 Å². The van der Waals surface area contributed by atoms with Crippen LogP contribution in [0.4, 0.5) is 10.2 Å². The van der Waals surface area contributed by atoms with Crippen molar-refractivity contribution < 1.29 is 4.39 Å². The summed E-state index contributed by atoms with van der Waals surface area (Å²) < 4.78 is 13.1. The molecule has 0 radical (unpaired) electrons. The van der Waals surface area contributed by atoms with Crippen LogP contribution in [0.5, 0.6) is 0 Å². The van der Waals surface area contributed by atoms with Crippen LogP contribution in [-0.2, 0) is 0 Å². The first kappa shape index (κ1) is 10.9. The van der Waals surface area contributed by atoms with Gasteiger partial charge < -0.3 is 5.32 Å². The zero-order valence-corrected chi connectivity index (χ0v) is 9.71. The zero-order valence-electron chi connectivity index (χ0n) is 9.71. The Kier molecular flexibility index (Phi) is 2.77. The first-order valence-corrected chi connectivity index (χ1v) is 5.39. The molecule has 0 aliphatic rings. The second kappa shape index (κ2) is 4.08.